The summed E-state index contributed by atoms with van der Waals surface area (Å²) in [5.41, 5.74) is 1.73. The lowest BCUT2D eigenvalue weighted by Gasteiger charge is -2.20. The first-order valence-electron chi connectivity index (χ1n) is 9.93. The Kier molecular flexibility index (Phi) is 9.54. The lowest BCUT2D eigenvalue weighted by molar-refractivity contribution is -0.154. The normalized spacial score (nSPS) is 13.3. The van der Waals surface area contributed by atoms with E-state index in [9.17, 15) is 18.0 Å². The van der Waals surface area contributed by atoms with Crippen molar-refractivity contribution in [3.8, 4) is 0 Å². The Labute approximate surface area is 188 Å². The third-order valence-electron chi connectivity index (χ3n) is 4.54. The molecule has 0 aliphatic rings. The number of anilines is 1. The predicted octanol–water partition coefficient (Wildman–Crippen LogP) is 3.22. The Balaban J connectivity index is 2.03. The van der Waals surface area contributed by atoms with E-state index in [1.54, 1.807) is 30.3 Å². The molecule has 31 heavy (non-hydrogen) atoms. The number of hydrogen-bond acceptors (Lipinski definition) is 6. The van der Waals surface area contributed by atoms with Gasteiger partial charge in [0.15, 0.2) is 6.10 Å². The number of benzene rings is 2. The third kappa shape index (κ3) is 7.68. The predicted molar refractivity (Wildman–Crippen MR) is 124 cm³/mol. The highest BCUT2D eigenvalue weighted by Crippen LogP contribution is 2.14. The van der Waals surface area contributed by atoms with Gasteiger partial charge in [-0.05, 0) is 61.6 Å². The molecule has 0 bridgehead atoms. The van der Waals surface area contributed by atoms with Crippen LogP contribution in [0.4, 0.5) is 5.69 Å². The zero-order valence-electron chi connectivity index (χ0n) is 17.8. The van der Waals surface area contributed by atoms with Crippen molar-refractivity contribution in [2.45, 2.75) is 43.7 Å². The summed E-state index contributed by atoms with van der Waals surface area (Å²) in [7, 11) is -3.91. The molecule has 0 fully saturated rings. The number of ether oxygens (including phenoxy) is 1. The second kappa shape index (κ2) is 11.9. The Morgan fingerprint density at radius 2 is 1.71 bits per heavy atom. The van der Waals surface area contributed by atoms with E-state index < -0.39 is 34.0 Å². The van der Waals surface area contributed by atoms with Crippen molar-refractivity contribution >= 4 is 39.3 Å². The van der Waals surface area contributed by atoms with Crippen LogP contribution in [-0.4, -0.2) is 44.4 Å². The van der Waals surface area contributed by atoms with Gasteiger partial charge in [0.2, 0.25) is 10.0 Å². The highest BCUT2D eigenvalue weighted by molar-refractivity contribution is 7.98. The fraction of sp³-hybridized carbons (Fsp3) is 0.364. The van der Waals surface area contributed by atoms with Crippen molar-refractivity contribution in [3.05, 3.63) is 60.2 Å². The van der Waals surface area contributed by atoms with Crippen LogP contribution in [0.3, 0.4) is 0 Å². The summed E-state index contributed by atoms with van der Waals surface area (Å²) in [6.07, 6.45) is 1.89. The fourth-order valence-corrected chi connectivity index (χ4v) is 4.40. The molecule has 0 aliphatic heterocycles. The van der Waals surface area contributed by atoms with Crippen molar-refractivity contribution in [1.82, 2.24) is 4.72 Å². The van der Waals surface area contributed by atoms with Crippen LogP contribution < -0.4 is 10.0 Å². The monoisotopic (exact) mass is 464 g/mol. The van der Waals surface area contributed by atoms with Gasteiger partial charge in [-0.2, -0.15) is 16.5 Å². The van der Waals surface area contributed by atoms with E-state index in [-0.39, 0.29) is 11.3 Å². The van der Waals surface area contributed by atoms with E-state index in [0.717, 1.165) is 12.0 Å². The summed E-state index contributed by atoms with van der Waals surface area (Å²) in [6.45, 7) is 3.49. The largest absolute Gasteiger partial charge is 0.451 e. The number of esters is 1. The third-order valence-corrected chi connectivity index (χ3v) is 6.67. The Morgan fingerprint density at radius 1 is 1.06 bits per heavy atom. The average molecular weight is 465 g/mol. The van der Waals surface area contributed by atoms with Crippen molar-refractivity contribution in [2.24, 2.45) is 0 Å². The molecule has 0 spiro atoms. The van der Waals surface area contributed by atoms with Gasteiger partial charge in [-0.3, -0.25) is 9.59 Å². The number of thioether (sulfide) groups is 1. The minimum absolute atomic E-state index is 0.0540. The molecule has 0 radical (unpaired) electrons. The van der Waals surface area contributed by atoms with Gasteiger partial charge in [-0.25, -0.2) is 8.42 Å². The van der Waals surface area contributed by atoms with Crippen LogP contribution >= 0.6 is 11.8 Å². The summed E-state index contributed by atoms with van der Waals surface area (Å²) < 4.78 is 32.9. The molecule has 2 unspecified atom stereocenters. The molecular formula is C22H28N2O5S2. The van der Waals surface area contributed by atoms with Crippen LogP contribution in [0.2, 0.25) is 0 Å². The number of hydrogen-bond donors (Lipinski definition) is 2. The highest BCUT2D eigenvalue weighted by atomic mass is 32.2. The van der Waals surface area contributed by atoms with Crippen molar-refractivity contribution in [3.63, 3.8) is 0 Å². The number of sulfonamides is 1. The molecule has 0 saturated heterocycles. The maximum absolute atomic E-state index is 12.7. The maximum Gasteiger partial charge on any atom is 0.324 e. The molecule has 2 N–H and O–H groups in total. The molecule has 0 aromatic heterocycles. The van der Waals surface area contributed by atoms with E-state index in [4.69, 9.17) is 4.74 Å². The van der Waals surface area contributed by atoms with Gasteiger partial charge in [-0.15, -0.1) is 0 Å². The van der Waals surface area contributed by atoms with Crippen molar-refractivity contribution < 1.29 is 22.7 Å². The molecule has 2 aromatic carbocycles. The van der Waals surface area contributed by atoms with Gasteiger partial charge < -0.3 is 10.1 Å². The second-order valence-corrected chi connectivity index (χ2v) is 9.59. The van der Waals surface area contributed by atoms with E-state index in [1.165, 1.54) is 30.8 Å². The number of nitrogens with one attached hydrogen (secondary N) is 2. The van der Waals surface area contributed by atoms with E-state index in [1.807, 2.05) is 25.3 Å². The summed E-state index contributed by atoms with van der Waals surface area (Å²) >= 11 is 1.48. The smallest absolute Gasteiger partial charge is 0.324 e. The number of carbonyl (C=O) groups is 2. The van der Waals surface area contributed by atoms with Crippen LogP contribution in [0, 0.1) is 0 Å². The molecule has 7 nitrogen and oxygen atoms in total. The Hall–Kier alpha value is -2.36. The van der Waals surface area contributed by atoms with Gasteiger partial charge in [-0.1, -0.05) is 37.3 Å². The first-order valence-corrected chi connectivity index (χ1v) is 12.8. The van der Waals surface area contributed by atoms with E-state index in [2.05, 4.69) is 10.0 Å². The number of carbonyl (C=O) groups excluding carboxylic acids is 2. The molecule has 2 atom stereocenters. The highest BCUT2D eigenvalue weighted by Gasteiger charge is 2.29. The van der Waals surface area contributed by atoms with E-state index in [0.29, 0.717) is 11.4 Å². The van der Waals surface area contributed by atoms with E-state index >= 15 is 0 Å². The number of amides is 1. The van der Waals surface area contributed by atoms with Gasteiger partial charge in [0.25, 0.3) is 5.91 Å². The lowest BCUT2D eigenvalue weighted by atomic mass is 10.1. The second-order valence-electron chi connectivity index (χ2n) is 6.89. The molecular weight excluding hydrogens is 436 g/mol. The molecule has 0 heterocycles. The SMILES string of the molecule is CCc1ccc(NC(=O)C(C)OC(=O)C(CCSC)NS(=O)(=O)c2ccccc2)cc1. The first-order chi connectivity index (χ1) is 14.8. The molecule has 168 valence electrons. The lowest BCUT2D eigenvalue weighted by Crippen LogP contribution is -2.44. The van der Waals surface area contributed by atoms with Crippen LogP contribution in [0.25, 0.3) is 0 Å². The summed E-state index contributed by atoms with van der Waals surface area (Å²) in [6, 6.07) is 14.1. The zero-order chi connectivity index (χ0) is 22.9. The molecule has 0 aliphatic carbocycles. The summed E-state index contributed by atoms with van der Waals surface area (Å²) in [5, 5.41) is 2.70. The summed E-state index contributed by atoms with van der Waals surface area (Å²) in [4.78, 5) is 25.1. The maximum atomic E-state index is 12.7. The molecule has 0 saturated carbocycles. The van der Waals surface area contributed by atoms with Crippen LogP contribution in [-0.2, 0) is 30.8 Å². The number of rotatable bonds is 11. The van der Waals surface area contributed by atoms with Gasteiger partial charge >= 0.3 is 5.97 Å². The van der Waals surface area contributed by atoms with Crippen LogP contribution in [0.5, 0.6) is 0 Å². The van der Waals surface area contributed by atoms with Gasteiger partial charge in [0.05, 0.1) is 4.90 Å². The van der Waals surface area contributed by atoms with Crippen LogP contribution in [0.15, 0.2) is 59.5 Å². The van der Waals surface area contributed by atoms with Crippen molar-refractivity contribution in [1.29, 1.82) is 0 Å². The Morgan fingerprint density at radius 3 is 2.29 bits per heavy atom. The quantitative estimate of drug-likeness (QED) is 0.495. The standard InChI is InChI=1S/C22H28N2O5S2/c1-4-17-10-12-18(13-11-17)23-21(25)16(2)29-22(26)20(14-15-30-3)24-31(27,28)19-8-6-5-7-9-19/h5-13,16,20,24H,4,14-15H2,1-3H3,(H,23,25). The van der Waals surface area contributed by atoms with Gasteiger partial charge in [0.1, 0.15) is 6.04 Å². The first kappa shape index (κ1) is 24.9. The molecule has 9 heteroatoms. The van der Waals surface area contributed by atoms with Crippen LogP contribution in [0.1, 0.15) is 25.8 Å². The number of aryl methyl sites for hydroxylation is 1. The molecule has 2 aromatic rings. The topological polar surface area (TPSA) is 102 Å². The molecule has 2 rings (SSSR count). The Bertz CT molecular complexity index is 963. The zero-order valence-corrected chi connectivity index (χ0v) is 19.5. The summed E-state index contributed by atoms with van der Waals surface area (Å²) in [5.74, 6) is -0.744. The van der Waals surface area contributed by atoms with Crippen molar-refractivity contribution in [2.75, 3.05) is 17.3 Å². The fourth-order valence-electron chi connectivity index (χ4n) is 2.69. The minimum atomic E-state index is -3.91. The average Bonchev–Trinajstić information content (AvgIpc) is 2.77. The van der Waals surface area contributed by atoms with Gasteiger partial charge in [0, 0.05) is 5.69 Å². The minimum Gasteiger partial charge on any atom is -0.451 e. The molecule has 1 amide bonds.